The molecule has 0 aliphatic carbocycles. The van der Waals surface area contributed by atoms with Crippen LogP contribution in [0.3, 0.4) is 0 Å². The topological polar surface area (TPSA) is 88.1 Å². The number of nitrogens with one attached hydrogen (secondary N) is 1. The number of hydrogen-bond donors (Lipinski definition) is 1. The highest BCUT2D eigenvalue weighted by atomic mass is 16.5. The summed E-state index contributed by atoms with van der Waals surface area (Å²) >= 11 is 0. The normalized spacial score (nSPS) is 14.3. The molecule has 1 heterocycles. The lowest BCUT2D eigenvalue weighted by atomic mass is 10.1. The first-order valence-electron chi connectivity index (χ1n) is 7.01. The zero-order chi connectivity index (χ0) is 15.9. The van der Waals surface area contributed by atoms with Crippen molar-refractivity contribution in [2.24, 2.45) is 5.10 Å². The van der Waals surface area contributed by atoms with Crippen molar-refractivity contribution in [1.82, 2.24) is 5.32 Å². The first kappa shape index (κ1) is 15.7. The van der Waals surface area contributed by atoms with Gasteiger partial charge in [0, 0.05) is 19.4 Å². The van der Waals surface area contributed by atoms with Crippen molar-refractivity contribution >= 4 is 29.2 Å². The summed E-state index contributed by atoms with van der Waals surface area (Å²) in [5.41, 5.74) is 0.717. The maximum atomic E-state index is 11.9. The molecule has 0 unspecified atom stereocenters. The van der Waals surface area contributed by atoms with Gasteiger partial charge in [-0.25, -0.2) is 9.80 Å². The van der Waals surface area contributed by atoms with Crippen molar-refractivity contribution in [3.63, 3.8) is 0 Å². The number of carbonyl (C=O) groups excluding carboxylic acids is 3. The second-order valence-corrected chi connectivity index (χ2v) is 4.62. The summed E-state index contributed by atoms with van der Waals surface area (Å²) in [4.78, 5) is 35.1. The van der Waals surface area contributed by atoms with Crippen LogP contribution >= 0.6 is 0 Å². The highest BCUT2D eigenvalue weighted by molar-refractivity contribution is 6.38. The van der Waals surface area contributed by atoms with Crippen molar-refractivity contribution in [3.05, 3.63) is 30.3 Å². The summed E-state index contributed by atoms with van der Waals surface area (Å²) in [5, 5.41) is 7.76. The fourth-order valence-electron chi connectivity index (χ4n) is 1.93. The van der Waals surface area contributed by atoms with E-state index in [0.717, 1.165) is 0 Å². The fourth-order valence-corrected chi connectivity index (χ4v) is 1.93. The molecule has 1 aliphatic rings. The maximum absolute atomic E-state index is 11.9. The quantitative estimate of drug-likeness (QED) is 0.817. The number of likely N-dealkylation sites (N-methyl/N-ethyl adjacent to an activating group) is 1. The first-order chi connectivity index (χ1) is 10.6. The van der Waals surface area contributed by atoms with Crippen molar-refractivity contribution in [3.8, 4) is 0 Å². The Bertz CT molecular complexity index is 598. The summed E-state index contributed by atoms with van der Waals surface area (Å²) in [6.07, 6.45) is 0.375. The summed E-state index contributed by atoms with van der Waals surface area (Å²) in [5.74, 6) is -1.24. The summed E-state index contributed by atoms with van der Waals surface area (Å²) in [7, 11) is 0. The third kappa shape index (κ3) is 3.91. The molecule has 1 aromatic carbocycles. The molecule has 0 radical (unpaired) electrons. The van der Waals surface area contributed by atoms with Gasteiger partial charge in [0.25, 0.3) is 5.91 Å². The number of anilines is 1. The van der Waals surface area contributed by atoms with E-state index in [-0.39, 0.29) is 37.0 Å². The largest absolute Gasteiger partial charge is 0.451 e. The van der Waals surface area contributed by atoms with Crippen LogP contribution in [0.5, 0.6) is 0 Å². The van der Waals surface area contributed by atoms with Gasteiger partial charge in [-0.05, 0) is 19.1 Å². The number of ether oxygens (including phenoxy) is 1. The molecular formula is C15H17N3O4. The van der Waals surface area contributed by atoms with E-state index >= 15 is 0 Å². The molecule has 116 valence electrons. The van der Waals surface area contributed by atoms with Crippen molar-refractivity contribution in [1.29, 1.82) is 0 Å². The van der Waals surface area contributed by atoms with Crippen molar-refractivity contribution in [2.45, 2.75) is 19.8 Å². The summed E-state index contributed by atoms with van der Waals surface area (Å²) in [6, 6.07) is 8.83. The monoisotopic (exact) mass is 303 g/mol. The molecule has 2 amide bonds. The van der Waals surface area contributed by atoms with E-state index in [0.29, 0.717) is 12.2 Å². The molecule has 1 aliphatic heterocycles. The van der Waals surface area contributed by atoms with E-state index in [1.165, 1.54) is 5.01 Å². The number of nitrogens with zero attached hydrogens (tertiary/aromatic N) is 2. The van der Waals surface area contributed by atoms with Crippen LogP contribution in [0.1, 0.15) is 19.8 Å². The second kappa shape index (κ2) is 7.35. The number of hydrogen-bond acceptors (Lipinski definition) is 5. The lowest BCUT2D eigenvalue weighted by molar-refractivity contribution is -0.142. The smallest absolute Gasteiger partial charge is 0.355 e. The van der Waals surface area contributed by atoms with Gasteiger partial charge < -0.3 is 10.1 Å². The van der Waals surface area contributed by atoms with E-state index in [1.807, 2.05) is 6.07 Å². The van der Waals surface area contributed by atoms with E-state index in [2.05, 4.69) is 10.4 Å². The molecule has 1 N–H and O–H groups in total. The van der Waals surface area contributed by atoms with Gasteiger partial charge in [0.2, 0.25) is 5.91 Å². The third-order valence-electron chi connectivity index (χ3n) is 2.98. The number of hydrazone groups is 1. The average Bonchev–Trinajstić information content (AvgIpc) is 2.54. The Hall–Kier alpha value is -2.70. The highest BCUT2D eigenvalue weighted by Gasteiger charge is 2.26. The van der Waals surface area contributed by atoms with Crippen LogP contribution in [0.2, 0.25) is 0 Å². The molecule has 1 aromatic rings. The Morgan fingerprint density at radius 3 is 2.68 bits per heavy atom. The molecular weight excluding hydrogens is 286 g/mol. The number of benzene rings is 1. The van der Waals surface area contributed by atoms with Crippen molar-refractivity contribution < 1.29 is 19.1 Å². The maximum Gasteiger partial charge on any atom is 0.355 e. The molecule has 0 fully saturated rings. The standard InChI is InChI=1S/C15H17N3O4/c1-2-16-13(19)10-22-15(21)12-8-9-14(20)18(17-12)11-6-4-3-5-7-11/h3-7H,2,8-10H2,1H3,(H,16,19). The number of carbonyl (C=O) groups is 3. The van der Waals surface area contributed by atoms with Gasteiger partial charge in [-0.1, -0.05) is 18.2 Å². The average molecular weight is 303 g/mol. The third-order valence-corrected chi connectivity index (χ3v) is 2.98. The fraction of sp³-hybridized carbons (Fsp3) is 0.333. The van der Waals surface area contributed by atoms with Gasteiger partial charge in [-0.2, -0.15) is 5.10 Å². The van der Waals surface area contributed by atoms with Crippen LogP contribution < -0.4 is 10.3 Å². The van der Waals surface area contributed by atoms with Gasteiger partial charge in [-0.15, -0.1) is 0 Å². The van der Waals surface area contributed by atoms with Crippen LogP contribution in [0.4, 0.5) is 5.69 Å². The Balaban J connectivity index is 2.06. The van der Waals surface area contributed by atoms with E-state index in [4.69, 9.17) is 4.74 Å². The molecule has 7 nitrogen and oxygen atoms in total. The number of para-hydroxylation sites is 1. The number of rotatable bonds is 5. The zero-order valence-corrected chi connectivity index (χ0v) is 12.2. The highest BCUT2D eigenvalue weighted by Crippen LogP contribution is 2.19. The minimum absolute atomic E-state index is 0.132. The van der Waals surface area contributed by atoms with Gasteiger partial charge in [0.15, 0.2) is 6.61 Å². The van der Waals surface area contributed by atoms with Crippen LogP contribution in [0.25, 0.3) is 0 Å². The SMILES string of the molecule is CCNC(=O)COC(=O)C1=NN(c2ccccc2)C(=O)CC1. The van der Waals surface area contributed by atoms with E-state index in [1.54, 1.807) is 31.2 Å². The predicted molar refractivity (Wildman–Crippen MR) is 80.2 cm³/mol. The number of esters is 1. The molecule has 0 saturated heterocycles. The van der Waals surface area contributed by atoms with Gasteiger partial charge in [0.1, 0.15) is 5.71 Å². The van der Waals surface area contributed by atoms with E-state index in [9.17, 15) is 14.4 Å². The van der Waals surface area contributed by atoms with E-state index < -0.39 is 5.97 Å². The van der Waals surface area contributed by atoms with Crippen LogP contribution in [-0.4, -0.2) is 36.6 Å². The molecule has 2 rings (SSSR count). The first-order valence-corrected chi connectivity index (χ1v) is 7.01. The van der Waals surface area contributed by atoms with Crippen LogP contribution in [0.15, 0.2) is 35.4 Å². The predicted octanol–water partition coefficient (Wildman–Crippen LogP) is 0.849. The molecule has 0 spiro atoms. The molecule has 0 atom stereocenters. The minimum Gasteiger partial charge on any atom is -0.451 e. The Kier molecular flexibility index (Phi) is 5.24. The summed E-state index contributed by atoms with van der Waals surface area (Å²) in [6.45, 7) is 1.88. The van der Waals surface area contributed by atoms with Gasteiger partial charge in [-0.3, -0.25) is 9.59 Å². The van der Waals surface area contributed by atoms with Crippen molar-refractivity contribution in [2.75, 3.05) is 18.2 Å². The van der Waals surface area contributed by atoms with Gasteiger partial charge in [0.05, 0.1) is 5.69 Å². The Morgan fingerprint density at radius 2 is 2.00 bits per heavy atom. The minimum atomic E-state index is -0.681. The zero-order valence-electron chi connectivity index (χ0n) is 12.2. The number of amides is 2. The molecule has 0 saturated carbocycles. The summed E-state index contributed by atoms with van der Waals surface area (Å²) < 4.78 is 4.90. The lowest BCUT2D eigenvalue weighted by Crippen LogP contribution is -2.36. The Morgan fingerprint density at radius 1 is 1.27 bits per heavy atom. The van der Waals surface area contributed by atoms with Crippen LogP contribution in [0, 0.1) is 0 Å². The molecule has 0 aromatic heterocycles. The molecule has 0 bridgehead atoms. The van der Waals surface area contributed by atoms with Gasteiger partial charge >= 0.3 is 5.97 Å². The lowest BCUT2D eigenvalue weighted by Gasteiger charge is -2.22. The second-order valence-electron chi connectivity index (χ2n) is 4.62. The van der Waals surface area contributed by atoms with Crippen LogP contribution in [-0.2, 0) is 19.1 Å². The molecule has 22 heavy (non-hydrogen) atoms. The molecule has 7 heteroatoms. The Labute approximate surface area is 127 Å².